The summed E-state index contributed by atoms with van der Waals surface area (Å²) >= 11 is 0. The number of rotatable bonds is 2. The highest BCUT2D eigenvalue weighted by molar-refractivity contribution is 5.65. The second-order valence-electron chi connectivity index (χ2n) is 8.77. The zero-order valence-corrected chi connectivity index (χ0v) is 15.5. The molecule has 6 aliphatic rings. The van der Waals surface area contributed by atoms with Gasteiger partial charge in [-0.3, -0.25) is 0 Å². The first-order valence-electron chi connectivity index (χ1n) is 11.1. The van der Waals surface area contributed by atoms with Gasteiger partial charge in [0, 0.05) is 24.1 Å². The summed E-state index contributed by atoms with van der Waals surface area (Å²) in [5.41, 5.74) is 0.343. The van der Waals surface area contributed by atoms with E-state index in [4.69, 9.17) is 18.3 Å². The monoisotopic (exact) mass is 367 g/mol. The highest BCUT2D eigenvalue weighted by Gasteiger charge is 2.79. The molecule has 1 saturated carbocycles. The molecule has 1 aromatic rings. The lowest BCUT2D eigenvalue weighted by atomic mass is 9.37. The zero-order valence-electron chi connectivity index (χ0n) is 18.5. The minimum absolute atomic E-state index is 0.224. The third kappa shape index (κ3) is 1.40. The number of benzene rings is 1. The van der Waals surface area contributed by atoms with E-state index in [0.29, 0.717) is 17.9 Å². The van der Waals surface area contributed by atoms with Crippen LogP contribution in [0.3, 0.4) is 0 Å². The maximum Gasteiger partial charge on any atom is 0.166 e. The van der Waals surface area contributed by atoms with E-state index in [1.54, 1.807) is 7.11 Å². The quantitative estimate of drug-likeness (QED) is 0.752. The van der Waals surface area contributed by atoms with E-state index in [-0.39, 0.29) is 11.5 Å². The normalized spacial score (nSPS) is 47.3. The Balaban J connectivity index is 1.69. The van der Waals surface area contributed by atoms with Crippen LogP contribution in [0.2, 0.25) is 0 Å². The standard InChI is InChI=1S/C22H24N2O3/c1-24-9-8-21-17-13-4-5-15(25-2)18(17)27-19(21)22(26-3)7-6-20(21,16(24)10-13)11-14(22)12-23/h4-7,14,16,19H,8-11H2,1-3H3/t14-,16-,19-,20-,21+,22-/m1/s1/i3D3. The van der Waals surface area contributed by atoms with Gasteiger partial charge >= 0.3 is 0 Å². The SMILES string of the molecule is [2H]C([2H])([2H])O[C@]12C=C[C@@]3(C[C@@H]1C#N)[C@H]1Cc4ccc(OC)c5c4[C@@]3(CCN1C)[C@H]2O5. The number of nitriles is 1. The van der Waals surface area contributed by atoms with Crippen LogP contribution in [0.5, 0.6) is 11.5 Å². The lowest BCUT2D eigenvalue weighted by Gasteiger charge is -2.70. The van der Waals surface area contributed by atoms with Crippen LogP contribution in [0.4, 0.5) is 0 Å². The van der Waals surface area contributed by atoms with Crippen LogP contribution in [0, 0.1) is 22.7 Å². The number of methoxy groups -OCH3 is 2. The van der Waals surface area contributed by atoms with Crippen LogP contribution >= 0.6 is 0 Å². The Morgan fingerprint density at radius 3 is 3.07 bits per heavy atom. The molecule has 1 saturated heterocycles. The highest BCUT2D eigenvalue weighted by Crippen LogP contribution is 2.74. The summed E-state index contributed by atoms with van der Waals surface area (Å²) in [5, 5.41) is 10.1. The number of likely N-dealkylation sites (N-methyl/N-ethyl adjacent to an activating group) is 1. The Morgan fingerprint density at radius 1 is 1.41 bits per heavy atom. The maximum absolute atomic E-state index is 10.1. The van der Waals surface area contributed by atoms with Gasteiger partial charge in [0.25, 0.3) is 0 Å². The van der Waals surface area contributed by atoms with Gasteiger partial charge in [-0.1, -0.05) is 18.2 Å². The van der Waals surface area contributed by atoms with Gasteiger partial charge in [0.2, 0.25) is 0 Å². The Kier molecular flexibility index (Phi) is 2.29. The molecule has 0 N–H and O–H groups in total. The van der Waals surface area contributed by atoms with Crippen LogP contribution in [0.25, 0.3) is 0 Å². The molecule has 2 heterocycles. The topological polar surface area (TPSA) is 54.7 Å². The van der Waals surface area contributed by atoms with Crippen molar-refractivity contribution in [1.82, 2.24) is 4.90 Å². The van der Waals surface area contributed by atoms with Gasteiger partial charge in [-0.05, 0) is 44.5 Å². The summed E-state index contributed by atoms with van der Waals surface area (Å²) < 4.78 is 41.7. The second kappa shape index (κ2) is 4.68. The van der Waals surface area contributed by atoms with Crippen molar-refractivity contribution in [3.63, 3.8) is 0 Å². The maximum atomic E-state index is 10.1. The van der Waals surface area contributed by atoms with Gasteiger partial charge in [-0.15, -0.1) is 0 Å². The van der Waals surface area contributed by atoms with Crippen LogP contribution in [-0.2, 0) is 16.6 Å². The molecule has 2 spiro atoms. The van der Waals surface area contributed by atoms with Crippen LogP contribution in [-0.4, -0.2) is 50.4 Å². The van der Waals surface area contributed by atoms with Gasteiger partial charge in [-0.25, -0.2) is 0 Å². The molecule has 0 amide bonds. The minimum atomic E-state index is -2.64. The van der Waals surface area contributed by atoms with E-state index in [9.17, 15) is 5.26 Å². The summed E-state index contributed by atoms with van der Waals surface area (Å²) in [6.45, 7) is 0.886. The van der Waals surface area contributed by atoms with E-state index in [0.717, 1.165) is 24.9 Å². The fraction of sp³-hybridized carbons (Fsp3) is 0.591. The van der Waals surface area contributed by atoms with Gasteiger partial charge in [0.05, 0.1) is 28.6 Å². The molecule has 140 valence electrons. The molecule has 5 heteroatoms. The molecule has 0 aromatic heterocycles. The number of nitrogens with zero attached hydrogens (tertiary/aromatic N) is 2. The zero-order chi connectivity index (χ0) is 21.1. The number of hydrogen-bond acceptors (Lipinski definition) is 5. The first-order valence-corrected chi connectivity index (χ1v) is 9.60. The number of ether oxygens (including phenoxy) is 3. The highest BCUT2D eigenvalue weighted by atomic mass is 16.6. The molecule has 5 nitrogen and oxygen atoms in total. The second-order valence-corrected chi connectivity index (χ2v) is 8.77. The molecular weight excluding hydrogens is 340 g/mol. The molecule has 2 aliphatic heterocycles. The largest absolute Gasteiger partial charge is 0.493 e. The summed E-state index contributed by atoms with van der Waals surface area (Å²) in [5.74, 6) is 0.757. The van der Waals surface area contributed by atoms with E-state index in [2.05, 4.69) is 30.2 Å². The Morgan fingerprint density at radius 2 is 2.30 bits per heavy atom. The first-order chi connectivity index (χ1) is 14.2. The van der Waals surface area contributed by atoms with Crippen LogP contribution in [0.1, 0.15) is 28.1 Å². The van der Waals surface area contributed by atoms with Gasteiger partial charge < -0.3 is 19.1 Å². The molecule has 2 fully saturated rings. The smallest absolute Gasteiger partial charge is 0.166 e. The number of hydrogen-bond donors (Lipinski definition) is 0. The van der Waals surface area contributed by atoms with Gasteiger partial charge in [-0.2, -0.15) is 5.26 Å². The van der Waals surface area contributed by atoms with E-state index in [1.165, 1.54) is 5.56 Å². The van der Waals surface area contributed by atoms with Crippen molar-refractivity contribution in [2.75, 3.05) is 27.7 Å². The fourth-order valence-corrected chi connectivity index (χ4v) is 7.19. The molecule has 1 aromatic carbocycles. The summed E-state index contributed by atoms with van der Waals surface area (Å²) in [6.07, 6.45) is 5.71. The van der Waals surface area contributed by atoms with Crippen molar-refractivity contribution < 1.29 is 18.3 Å². The molecule has 0 unspecified atom stereocenters. The van der Waals surface area contributed by atoms with Crippen LogP contribution in [0.15, 0.2) is 24.3 Å². The summed E-state index contributed by atoms with van der Waals surface area (Å²) in [4.78, 5) is 2.40. The average Bonchev–Trinajstić information content (AvgIpc) is 3.06. The Hall–Kier alpha value is -2.03. The molecular formula is C22H24N2O3. The molecule has 6 atom stereocenters. The predicted molar refractivity (Wildman–Crippen MR) is 98.9 cm³/mol. The Bertz CT molecular complexity index is 1030. The van der Waals surface area contributed by atoms with E-state index >= 15 is 0 Å². The molecule has 4 aliphatic carbocycles. The van der Waals surface area contributed by atoms with Crippen molar-refractivity contribution in [2.45, 2.75) is 42.4 Å². The van der Waals surface area contributed by atoms with Crippen molar-refractivity contribution in [2.24, 2.45) is 11.3 Å². The van der Waals surface area contributed by atoms with Crippen molar-refractivity contribution in [3.05, 3.63) is 35.4 Å². The minimum Gasteiger partial charge on any atom is -0.493 e. The van der Waals surface area contributed by atoms with Crippen molar-refractivity contribution in [3.8, 4) is 17.6 Å². The number of fused-ring (bicyclic) bond motifs is 1. The van der Waals surface area contributed by atoms with Gasteiger partial charge in [0.1, 0.15) is 11.7 Å². The van der Waals surface area contributed by atoms with Gasteiger partial charge in [0.15, 0.2) is 11.5 Å². The van der Waals surface area contributed by atoms with Crippen molar-refractivity contribution >= 4 is 0 Å². The summed E-state index contributed by atoms with van der Waals surface area (Å²) in [7, 11) is 1.13. The molecule has 4 bridgehead atoms. The first kappa shape index (κ1) is 13.2. The Labute approximate surface area is 163 Å². The average molecular weight is 367 g/mol. The molecule has 7 rings (SSSR count). The van der Waals surface area contributed by atoms with E-state index < -0.39 is 30.1 Å². The van der Waals surface area contributed by atoms with Crippen molar-refractivity contribution in [1.29, 1.82) is 5.26 Å². The number of likely N-dealkylation sites (tertiary alicyclic amines) is 1. The predicted octanol–water partition coefficient (Wildman–Crippen LogP) is 2.44. The van der Waals surface area contributed by atoms with Crippen LogP contribution < -0.4 is 9.47 Å². The lowest BCUT2D eigenvalue weighted by Crippen LogP contribution is -2.78. The van der Waals surface area contributed by atoms with E-state index in [1.807, 2.05) is 12.1 Å². The number of piperidine rings is 1. The lowest BCUT2D eigenvalue weighted by molar-refractivity contribution is -0.203. The fourth-order valence-electron chi connectivity index (χ4n) is 7.19. The molecule has 0 radical (unpaired) electrons. The molecule has 27 heavy (non-hydrogen) atoms. The third-order valence-electron chi connectivity index (χ3n) is 8.26. The third-order valence-corrected chi connectivity index (χ3v) is 8.26. The summed E-state index contributed by atoms with van der Waals surface area (Å²) in [6, 6.07) is 6.67.